The highest BCUT2D eigenvalue weighted by molar-refractivity contribution is 5.55. The fourth-order valence-corrected chi connectivity index (χ4v) is 0.948. The molecule has 0 spiro atoms. The highest BCUT2D eigenvalue weighted by Gasteiger charge is 2.03. The molecule has 0 saturated carbocycles. The third kappa shape index (κ3) is 1.03. The molecule has 4 nitrogen and oxygen atoms in total. The Labute approximate surface area is 68.3 Å². The van der Waals surface area contributed by atoms with Crippen molar-refractivity contribution in [3.8, 4) is 11.3 Å². The Balaban J connectivity index is 2.88. The highest BCUT2D eigenvalue weighted by atomic mass is 16.1. The van der Waals surface area contributed by atoms with E-state index in [1.807, 2.05) is 0 Å². The van der Waals surface area contributed by atoms with Crippen LogP contribution in [0.5, 0.6) is 0 Å². The maximum absolute atomic E-state index is 11.1. The summed E-state index contributed by atoms with van der Waals surface area (Å²) >= 11 is 0. The second-order valence-corrected chi connectivity index (χ2v) is 2.26. The van der Waals surface area contributed by atoms with Crippen molar-refractivity contribution in [3.63, 3.8) is 0 Å². The lowest BCUT2D eigenvalue weighted by atomic mass is 10.2. The molecule has 58 valence electrons. The molecule has 2 aliphatic heterocycles. The number of aromatic nitrogens is 3. The zero-order chi connectivity index (χ0) is 8.39. The van der Waals surface area contributed by atoms with Gasteiger partial charge in [-0.2, -0.15) is 4.98 Å². The zero-order valence-corrected chi connectivity index (χ0v) is 6.14. The van der Waals surface area contributed by atoms with Crippen LogP contribution in [-0.2, 0) is 0 Å². The molecule has 0 aromatic heterocycles. The second kappa shape index (κ2) is 2.65. The van der Waals surface area contributed by atoms with E-state index >= 15 is 0 Å². The molecular weight excluding hydrogens is 154 g/mol. The Morgan fingerprint density at radius 3 is 3.08 bits per heavy atom. The van der Waals surface area contributed by atoms with E-state index in [1.54, 1.807) is 18.3 Å². The molecule has 2 aliphatic rings. The van der Waals surface area contributed by atoms with Gasteiger partial charge in [0.1, 0.15) is 6.33 Å². The van der Waals surface area contributed by atoms with Crippen LogP contribution < -0.4 is 5.56 Å². The van der Waals surface area contributed by atoms with Gasteiger partial charge in [0.25, 0.3) is 5.56 Å². The van der Waals surface area contributed by atoms with E-state index in [2.05, 4.69) is 15.0 Å². The molecule has 0 radical (unpaired) electrons. The molecule has 0 atom stereocenters. The van der Waals surface area contributed by atoms with Crippen LogP contribution in [0.25, 0.3) is 11.3 Å². The SMILES string of the molecule is O=c1ncnc2cccncc1-2. The first-order chi connectivity index (χ1) is 5.88. The van der Waals surface area contributed by atoms with Crippen molar-refractivity contribution in [3.05, 3.63) is 41.2 Å². The van der Waals surface area contributed by atoms with Crippen LogP contribution in [0, 0.1) is 0 Å². The van der Waals surface area contributed by atoms with Crippen molar-refractivity contribution in [2.24, 2.45) is 0 Å². The molecule has 0 aromatic rings. The fourth-order valence-electron chi connectivity index (χ4n) is 0.948. The number of fused-ring (bicyclic) bond motifs is 1. The number of hydrogen-bond acceptors (Lipinski definition) is 4. The van der Waals surface area contributed by atoms with Crippen molar-refractivity contribution >= 4 is 0 Å². The Morgan fingerprint density at radius 2 is 2.17 bits per heavy atom. The molecule has 0 fully saturated rings. The molecule has 0 N–H and O–H groups in total. The van der Waals surface area contributed by atoms with Gasteiger partial charge in [0.2, 0.25) is 0 Å². The Kier molecular flexibility index (Phi) is 1.51. The van der Waals surface area contributed by atoms with Gasteiger partial charge >= 0.3 is 0 Å². The predicted octanol–water partition coefficient (Wildman–Crippen LogP) is 0.337. The van der Waals surface area contributed by atoms with Gasteiger partial charge < -0.3 is 0 Å². The molecule has 2 rings (SSSR count). The summed E-state index contributed by atoms with van der Waals surface area (Å²) in [4.78, 5) is 22.4. The van der Waals surface area contributed by atoms with E-state index in [0.717, 1.165) is 0 Å². The summed E-state index contributed by atoms with van der Waals surface area (Å²) in [5.74, 6) is 0. The van der Waals surface area contributed by atoms with Crippen molar-refractivity contribution < 1.29 is 0 Å². The molecule has 0 bridgehead atoms. The van der Waals surface area contributed by atoms with Crippen LogP contribution in [-0.4, -0.2) is 15.0 Å². The van der Waals surface area contributed by atoms with E-state index in [-0.39, 0.29) is 5.56 Å². The number of nitrogens with zero attached hydrogens (tertiary/aromatic N) is 3. The van der Waals surface area contributed by atoms with Gasteiger partial charge in [-0.25, -0.2) is 4.98 Å². The van der Waals surface area contributed by atoms with E-state index in [9.17, 15) is 4.79 Å². The maximum atomic E-state index is 11.1. The van der Waals surface area contributed by atoms with Crippen LogP contribution in [0.15, 0.2) is 35.6 Å². The van der Waals surface area contributed by atoms with Crippen LogP contribution in [0.4, 0.5) is 0 Å². The molecule has 0 amide bonds. The highest BCUT2D eigenvalue weighted by Crippen LogP contribution is 2.07. The van der Waals surface area contributed by atoms with E-state index in [0.29, 0.717) is 11.3 Å². The molecule has 12 heavy (non-hydrogen) atoms. The van der Waals surface area contributed by atoms with Gasteiger partial charge in [-0.15, -0.1) is 0 Å². The lowest BCUT2D eigenvalue weighted by Crippen LogP contribution is -2.09. The monoisotopic (exact) mass is 159 g/mol. The predicted molar refractivity (Wildman–Crippen MR) is 42.7 cm³/mol. The van der Waals surface area contributed by atoms with Crippen LogP contribution in [0.1, 0.15) is 0 Å². The van der Waals surface area contributed by atoms with Crippen LogP contribution >= 0.6 is 0 Å². The largest absolute Gasteiger partial charge is 0.282 e. The van der Waals surface area contributed by atoms with Crippen molar-refractivity contribution in [2.75, 3.05) is 0 Å². The molecule has 0 aliphatic carbocycles. The first kappa shape index (κ1) is 6.84. The average Bonchev–Trinajstić information content (AvgIpc) is 2.30. The summed E-state index contributed by atoms with van der Waals surface area (Å²) in [7, 11) is 0. The fraction of sp³-hybridized carbons (Fsp3) is 0. The van der Waals surface area contributed by atoms with E-state index in [4.69, 9.17) is 0 Å². The molecule has 2 heterocycles. The number of hydrogen-bond donors (Lipinski definition) is 0. The van der Waals surface area contributed by atoms with E-state index < -0.39 is 0 Å². The second-order valence-electron chi connectivity index (χ2n) is 2.26. The summed E-state index contributed by atoms with van der Waals surface area (Å²) in [6.45, 7) is 0. The Hall–Kier alpha value is -1.84. The lowest BCUT2D eigenvalue weighted by molar-refractivity contribution is 1.12. The minimum absolute atomic E-state index is 0.288. The normalized spacial score (nSPS) is 10.0. The van der Waals surface area contributed by atoms with Crippen LogP contribution in [0.3, 0.4) is 0 Å². The van der Waals surface area contributed by atoms with Crippen molar-refractivity contribution in [1.82, 2.24) is 15.0 Å². The summed E-state index contributed by atoms with van der Waals surface area (Å²) in [5.41, 5.74) is 0.777. The topological polar surface area (TPSA) is 55.7 Å². The first-order valence-electron chi connectivity index (χ1n) is 3.43. The minimum atomic E-state index is -0.288. The van der Waals surface area contributed by atoms with Gasteiger partial charge in [-0.05, 0) is 12.1 Å². The first-order valence-corrected chi connectivity index (χ1v) is 3.43. The summed E-state index contributed by atoms with van der Waals surface area (Å²) in [6.07, 6.45) is 4.32. The van der Waals surface area contributed by atoms with Gasteiger partial charge in [-0.1, -0.05) is 0 Å². The molecule has 0 unspecified atom stereocenters. The molecular formula is C8H5N3O. The quantitative estimate of drug-likeness (QED) is 0.556. The zero-order valence-electron chi connectivity index (χ0n) is 6.14. The molecule has 4 heteroatoms. The van der Waals surface area contributed by atoms with Gasteiger partial charge in [0, 0.05) is 12.4 Å². The third-order valence-corrected chi connectivity index (χ3v) is 1.51. The van der Waals surface area contributed by atoms with E-state index in [1.165, 1.54) is 12.5 Å². The lowest BCUT2D eigenvalue weighted by Gasteiger charge is -1.92. The van der Waals surface area contributed by atoms with Crippen molar-refractivity contribution in [2.45, 2.75) is 0 Å². The van der Waals surface area contributed by atoms with Gasteiger partial charge in [0.15, 0.2) is 0 Å². The van der Waals surface area contributed by atoms with Crippen molar-refractivity contribution in [1.29, 1.82) is 0 Å². The Bertz CT molecular complexity index is 429. The average molecular weight is 159 g/mol. The number of rotatable bonds is 0. The van der Waals surface area contributed by atoms with Crippen LogP contribution in [0.2, 0.25) is 0 Å². The summed E-state index contributed by atoms with van der Waals surface area (Å²) < 4.78 is 0. The minimum Gasteiger partial charge on any atom is -0.267 e. The smallest absolute Gasteiger partial charge is 0.267 e. The molecule has 0 aromatic carbocycles. The third-order valence-electron chi connectivity index (χ3n) is 1.51. The maximum Gasteiger partial charge on any atom is 0.282 e. The van der Waals surface area contributed by atoms with Gasteiger partial charge in [0.05, 0.1) is 11.3 Å². The summed E-state index contributed by atoms with van der Waals surface area (Å²) in [6, 6.07) is 3.46. The van der Waals surface area contributed by atoms with Gasteiger partial charge in [-0.3, -0.25) is 9.78 Å². The summed E-state index contributed by atoms with van der Waals surface area (Å²) in [5, 5.41) is 0. The standard InChI is InChI=1S/C8H5N3O/c12-8-6-4-9-3-1-2-7(6)10-5-11-8/h1-5H. The Morgan fingerprint density at radius 1 is 1.25 bits per heavy atom. The molecule has 0 saturated heterocycles.